The molecule has 0 fully saturated rings. The predicted octanol–water partition coefficient (Wildman–Crippen LogP) is 4.40. The second kappa shape index (κ2) is 8.04. The lowest BCUT2D eigenvalue weighted by atomic mass is 10.1. The number of carbonyl (C=O) groups excluding carboxylic acids is 1. The van der Waals surface area contributed by atoms with E-state index in [1.54, 1.807) is 26.4 Å². The number of methoxy groups -OCH3 is 2. The molecule has 0 saturated carbocycles. The van der Waals surface area contributed by atoms with Crippen molar-refractivity contribution < 1.29 is 18.7 Å². The Kier molecular flexibility index (Phi) is 6.06. The predicted molar refractivity (Wildman–Crippen MR) is 99.3 cm³/mol. The number of nitrogens with zero attached hydrogens (tertiary/aromatic N) is 1. The second-order valence-electron chi connectivity index (χ2n) is 4.92. The summed E-state index contributed by atoms with van der Waals surface area (Å²) >= 11 is 1.39. The highest BCUT2D eigenvalue weighted by molar-refractivity contribution is 7.16. The molecule has 0 bridgehead atoms. The maximum Gasteiger partial charge on any atom is 0.293 e. The molecule has 25 heavy (non-hydrogen) atoms. The van der Waals surface area contributed by atoms with Crippen LogP contribution in [-0.4, -0.2) is 25.1 Å². The number of hydrogen-bond acceptors (Lipinski definition) is 6. The number of hydrogen-bond donors (Lipinski definition) is 1. The van der Waals surface area contributed by atoms with Crippen LogP contribution in [0.2, 0.25) is 0 Å². The molecule has 8 heteroatoms. The highest BCUT2D eigenvalue weighted by Crippen LogP contribution is 2.38. The van der Waals surface area contributed by atoms with Crippen LogP contribution in [0.4, 0.5) is 5.13 Å². The zero-order chi connectivity index (χ0) is 17.1. The van der Waals surface area contributed by atoms with Crippen molar-refractivity contribution in [3.05, 3.63) is 47.2 Å². The minimum atomic E-state index is -0.335. The Bertz CT molecular complexity index is 862. The van der Waals surface area contributed by atoms with E-state index in [4.69, 9.17) is 13.9 Å². The quantitative estimate of drug-likeness (QED) is 0.710. The van der Waals surface area contributed by atoms with Crippen LogP contribution >= 0.6 is 23.7 Å². The first-order valence-corrected chi connectivity index (χ1v) is 7.98. The van der Waals surface area contributed by atoms with Crippen LogP contribution in [-0.2, 0) is 0 Å². The lowest BCUT2D eigenvalue weighted by Crippen LogP contribution is -2.10. The minimum absolute atomic E-state index is 0. The van der Waals surface area contributed by atoms with Gasteiger partial charge in [-0.25, -0.2) is 4.98 Å². The maximum absolute atomic E-state index is 12.1. The van der Waals surface area contributed by atoms with Crippen molar-refractivity contribution in [2.45, 2.75) is 6.92 Å². The molecule has 6 nitrogen and oxygen atoms in total. The fraction of sp³-hybridized carbons (Fsp3) is 0.176. The number of halogens is 1. The summed E-state index contributed by atoms with van der Waals surface area (Å²) in [6, 6.07) is 8.77. The molecule has 0 aliphatic rings. The van der Waals surface area contributed by atoms with Crippen molar-refractivity contribution in [2.75, 3.05) is 19.5 Å². The highest BCUT2D eigenvalue weighted by Gasteiger charge is 2.17. The van der Waals surface area contributed by atoms with Gasteiger partial charge in [0, 0.05) is 10.4 Å². The zero-order valence-corrected chi connectivity index (χ0v) is 15.5. The van der Waals surface area contributed by atoms with Crippen LogP contribution in [0.1, 0.15) is 15.4 Å². The summed E-state index contributed by atoms with van der Waals surface area (Å²) in [6.45, 7) is 1.94. The first-order chi connectivity index (χ1) is 11.6. The van der Waals surface area contributed by atoms with Crippen LogP contribution in [0.3, 0.4) is 0 Å². The molecule has 0 unspecified atom stereocenters. The third kappa shape index (κ3) is 3.94. The summed E-state index contributed by atoms with van der Waals surface area (Å²) < 4.78 is 15.8. The van der Waals surface area contributed by atoms with E-state index in [0.29, 0.717) is 16.6 Å². The fourth-order valence-corrected chi connectivity index (χ4v) is 3.09. The van der Waals surface area contributed by atoms with Gasteiger partial charge in [-0.3, -0.25) is 10.1 Å². The summed E-state index contributed by atoms with van der Waals surface area (Å²) in [5.41, 5.74) is 1.55. The average Bonchev–Trinajstić information content (AvgIpc) is 3.24. The molecule has 3 aromatic rings. The van der Waals surface area contributed by atoms with E-state index in [9.17, 15) is 4.79 Å². The first kappa shape index (κ1) is 18.8. The fourth-order valence-electron chi connectivity index (χ4n) is 2.27. The van der Waals surface area contributed by atoms with E-state index in [1.165, 1.54) is 17.6 Å². The number of aryl methyl sites for hydroxylation is 1. The second-order valence-corrected chi connectivity index (χ2v) is 6.12. The summed E-state index contributed by atoms with van der Waals surface area (Å²) in [5, 5.41) is 3.24. The monoisotopic (exact) mass is 380 g/mol. The van der Waals surface area contributed by atoms with Gasteiger partial charge in [0.1, 0.15) is 11.5 Å². The molecule has 2 heterocycles. The van der Waals surface area contributed by atoms with E-state index in [1.807, 2.05) is 25.1 Å². The van der Waals surface area contributed by atoms with E-state index in [2.05, 4.69) is 10.3 Å². The summed E-state index contributed by atoms with van der Waals surface area (Å²) in [6.07, 6.45) is 1.45. The summed E-state index contributed by atoms with van der Waals surface area (Å²) in [4.78, 5) is 17.6. The van der Waals surface area contributed by atoms with Gasteiger partial charge in [0.2, 0.25) is 0 Å². The van der Waals surface area contributed by atoms with Crippen LogP contribution in [0.15, 0.2) is 41.0 Å². The lowest BCUT2D eigenvalue weighted by Gasteiger charge is -2.09. The van der Waals surface area contributed by atoms with Gasteiger partial charge in [0.25, 0.3) is 5.91 Å². The molecule has 0 saturated heterocycles. The van der Waals surface area contributed by atoms with Crippen molar-refractivity contribution >= 4 is 34.8 Å². The molecular formula is C17H17ClN2O4S. The number of anilines is 1. The Morgan fingerprint density at radius 3 is 2.68 bits per heavy atom. The molecule has 0 aliphatic carbocycles. The number of ether oxygens (including phenoxy) is 2. The summed E-state index contributed by atoms with van der Waals surface area (Å²) in [5.74, 6) is 1.30. The van der Waals surface area contributed by atoms with Crippen molar-refractivity contribution in [1.82, 2.24) is 4.98 Å². The molecule has 1 amide bonds. The Morgan fingerprint density at radius 1 is 1.24 bits per heavy atom. The van der Waals surface area contributed by atoms with Gasteiger partial charge in [0.15, 0.2) is 10.9 Å². The highest BCUT2D eigenvalue weighted by atomic mass is 35.5. The molecule has 0 atom stereocenters. The van der Waals surface area contributed by atoms with Crippen molar-refractivity contribution in [3.8, 4) is 22.8 Å². The van der Waals surface area contributed by atoms with E-state index < -0.39 is 0 Å². The van der Waals surface area contributed by atoms with Crippen LogP contribution < -0.4 is 14.8 Å². The van der Waals surface area contributed by atoms with Gasteiger partial charge in [-0.05, 0) is 37.3 Å². The third-order valence-corrected chi connectivity index (χ3v) is 4.31. The van der Waals surface area contributed by atoms with Gasteiger partial charge >= 0.3 is 0 Å². The molecule has 0 spiro atoms. The standard InChI is InChI=1S/C17H16N2O4S.ClH/c1-10-15(12-9-11(21-2)6-7-13(12)22-3)18-17(24-10)19-16(20)14-5-4-8-23-14;/h4-9H,1-3H3,(H,18,19,20);1H. The van der Waals surface area contributed by atoms with Gasteiger partial charge in [-0.2, -0.15) is 0 Å². The topological polar surface area (TPSA) is 73.6 Å². The Hall–Kier alpha value is -2.51. The Labute approximate surface area is 155 Å². The minimum Gasteiger partial charge on any atom is -0.497 e. The van der Waals surface area contributed by atoms with Crippen LogP contribution in [0.5, 0.6) is 11.5 Å². The van der Waals surface area contributed by atoms with Gasteiger partial charge in [-0.15, -0.1) is 23.7 Å². The van der Waals surface area contributed by atoms with E-state index in [-0.39, 0.29) is 24.1 Å². The van der Waals surface area contributed by atoms with Gasteiger partial charge < -0.3 is 13.9 Å². The number of aromatic nitrogens is 1. The number of thiazole rings is 1. The van der Waals surface area contributed by atoms with Gasteiger partial charge in [-0.1, -0.05) is 0 Å². The number of carbonyl (C=O) groups is 1. The van der Waals surface area contributed by atoms with Gasteiger partial charge in [0.05, 0.1) is 26.2 Å². The molecule has 0 radical (unpaired) electrons. The Morgan fingerprint density at radius 2 is 2.04 bits per heavy atom. The van der Waals surface area contributed by atoms with E-state index >= 15 is 0 Å². The number of nitrogens with one attached hydrogen (secondary N) is 1. The summed E-state index contributed by atoms with van der Waals surface area (Å²) in [7, 11) is 3.21. The molecule has 0 aliphatic heterocycles. The lowest BCUT2D eigenvalue weighted by molar-refractivity contribution is 0.0996. The number of amides is 1. The number of rotatable bonds is 5. The largest absolute Gasteiger partial charge is 0.497 e. The third-order valence-electron chi connectivity index (χ3n) is 3.42. The SMILES string of the molecule is COc1ccc(OC)c(-c2nc(NC(=O)c3ccco3)sc2C)c1.Cl. The normalized spacial score (nSPS) is 10.0. The van der Waals surface area contributed by atoms with Crippen molar-refractivity contribution in [1.29, 1.82) is 0 Å². The average molecular weight is 381 g/mol. The van der Waals surface area contributed by atoms with Crippen LogP contribution in [0, 0.1) is 6.92 Å². The van der Waals surface area contributed by atoms with Crippen molar-refractivity contribution in [2.24, 2.45) is 0 Å². The molecule has 2 aromatic heterocycles. The number of furan rings is 1. The van der Waals surface area contributed by atoms with Crippen LogP contribution in [0.25, 0.3) is 11.3 Å². The molecule has 1 aromatic carbocycles. The molecule has 132 valence electrons. The Balaban J connectivity index is 0.00000225. The number of benzene rings is 1. The van der Waals surface area contributed by atoms with Crippen molar-refractivity contribution in [3.63, 3.8) is 0 Å². The first-order valence-electron chi connectivity index (χ1n) is 7.17. The molecular weight excluding hydrogens is 364 g/mol. The molecule has 1 N–H and O–H groups in total. The smallest absolute Gasteiger partial charge is 0.293 e. The maximum atomic E-state index is 12.1. The zero-order valence-electron chi connectivity index (χ0n) is 13.9. The van der Waals surface area contributed by atoms with E-state index in [0.717, 1.165) is 16.1 Å². The molecule has 3 rings (SSSR count).